The Morgan fingerprint density at radius 2 is 1.06 bits per heavy atom. The molecule has 18 heavy (non-hydrogen) atoms. The van der Waals surface area contributed by atoms with Crippen LogP contribution in [-0.4, -0.2) is 7.85 Å². The van der Waals surface area contributed by atoms with Crippen LogP contribution < -0.4 is 0 Å². The molecule has 1 heteroatoms. The van der Waals surface area contributed by atoms with Crippen LogP contribution in [0.1, 0.15) is 90.4 Å². The smallest absolute Gasteiger partial charge is 0.0688 e. The molecule has 0 amide bonds. The molecule has 0 heterocycles. The van der Waals surface area contributed by atoms with Crippen LogP contribution in [0, 0.1) is 11.8 Å². The molecule has 0 saturated heterocycles. The summed E-state index contributed by atoms with van der Waals surface area (Å²) in [5, 5.41) is 0.131. The third kappa shape index (κ3) is 4.63. The monoisotopic (exact) mass is 246 g/mol. The van der Waals surface area contributed by atoms with Crippen LogP contribution in [-0.2, 0) is 0 Å². The lowest BCUT2D eigenvalue weighted by molar-refractivity contribution is 0.212. The first-order valence-corrected chi connectivity index (χ1v) is 8.46. The first-order valence-electron chi connectivity index (χ1n) is 8.46. The molecule has 2 aliphatic carbocycles. The quantitative estimate of drug-likeness (QED) is 0.523. The summed E-state index contributed by atoms with van der Waals surface area (Å²) < 4.78 is 0. The van der Waals surface area contributed by atoms with Crippen LogP contribution in [0.3, 0.4) is 0 Å². The van der Waals surface area contributed by atoms with Gasteiger partial charge in [0.15, 0.2) is 0 Å². The third-order valence-corrected chi connectivity index (χ3v) is 5.46. The summed E-state index contributed by atoms with van der Waals surface area (Å²) in [5.41, 5.74) is 0. The normalized spacial score (nSPS) is 37.3. The Kier molecular flexibility index (Phi) is 5.64. The Morgan fingerprint density at radius 1 is 0.667 bits per heavy atom. The van der Waals surface area contributed by atoms with Gasteiger partial charge in [0.2, 0.25) is 0 Å². The highest BCUT2D eigenvalue weighted by molar-refractivity contribution is 6.14. The van der Waals surface area contributed by atoms with Crippen molar-refractivity contribution in [3.05, 3.63) is 0 Å². The van der Waals surface area contributed by atoms with Crippen LogP contribution in [0.25, 0.3) is 0 Å². The lowest BCUT2D eigenvalue weighted by Crippen LogP contribution is -2.20. The summed E-state index contributed by atoms with van der Waals surface area (Å²) in [6, 6.07) is 0. The van der Waals surface area contributed by atoms with E-state index in [-0.39, 0.29) is 5.31 Å². The van der Waals surface area contributed by atoms with Crippen LogP contribution in [0.2, 0.25) is 5.31 Å². The predicted octanol–water partition coefficient (Wildman–Crippen LogP) is 5.66. The van der Waals surface area contributed by atoms with E-state index in [9.17, 15) is 0 Å². The maximum absolute atomic E-state index is 6.32. The molecule has 0 nitrogen and oxygen atoms in total. The molecule has 0 N–H and O–H groups in total. The zero-order chi connectivity index (χ0) is 12.8. The van der Waals surface area contributed by atoms with Gasteiger partial charge in [-0.2, -0.15) is 0 Å². The van der Waals surface area contributed by atoms with Gasteiger partial charge in [-0.05, 0) is 11.8 Å². The van der Waals surface area contributed by atoms with Crippen molar-refractivity contribution >= 4 is 7.85 Å². The van der Waals surface area contributed by atoms with Gasteiger partial charge in [-0.3, -0.25) is 0 Å². The molecule has 0 aromatic carbocycles. The van der Waals surface area contributed by atoms with Crippen molar-refractivity contribution in [2.24, 2.45) is 11.8 Å². The first kappa shape index (κ1) is 14.5. The molecule has 2 fully saturated rings. The van der Waals surface area contributed by atoms with E-state index >= 15 is 0 Å². The van der Waals surface area contributed by atoms with Crippen molar-refractivity contribution in [1.82, 2.24) is 0 Å². The average molecular weight is 246 g/mol. The maximum atomic E-state index is 6.32. The third-order valence-electron chi connectivity index (χ3n) is 5.46. The second-order valence-electron chi connectivity index (χ2n) is 7.30. The minimum absolute atomic E-state index is 0.131. The van der Waals surface area contributed by atoms with Gasteiger partial charge in [-0.25, -0.2) is 0 Å². The van der Waals surface area contributed by atoms with E-state index in [2.05, 4.69) is 6.92 Å². The van der Waals surface area contributed by atoms with Crippen molar-refractivity contribution in [2.45, 2.75) is 95.7 Å². The first-order chi connectivity index (χ1) is 8.67. The number of hydrogen-bond donors (Lipinski definition) is 0. The van der Waals surface area contributed by atoms with E-state index in [4.69, 9.17) is 7.85 Å². The van der Waals surface area contributed by atoms with Crippen molar-refractivity contribution in [3.63, 3.8) is 0 Å². The van der Waals surface area contributed by atoms with Gasteiger partial charge in [0, 0.05) is 0 Å². The molecular formula is C17H31B. The summed E-state index contributed by atoms with van der Waals surface area (Å²) in [6.07, 6.45) is 18.6. The van der Waals surface area contributed by atoms with Gasteiger partial charge in [0.25, 0.3) is 0 Å². The highest BCUT2D eigenvalue weighted by atomic mass is 14.3. The molecule has 2 aliphatic rings. The highest BCUT2D eigenvalue weighted by Crippen LogP contribution is 2.42. The molecule has 0 aromatic rings. The topological polar surface area (TPSA) is 0 Å². The number of hydrogen-bond acceptors (Lipinski definition) is 0. The van der Waals surface area contributed by atoms with Gasteiger partial charge in [-0.15, -0.1) is 0 Å². The van der Waals surface area contributed by atoms with Gasteiger partial charge in [-0.1, -0.05) is 95.7 Å². The van der Waals surface area contributed by atoms with Crippen molar-refractivity contribution < 1.29 is 0 Å². The lowest BCUT2D eigenvalue weighted by atomic mass is 9.62. The van der Waals surface area contributed by atoms with E-state index in [1.54, 1.807) is 0 Å². The minimum atomic E-state index is 0.131. The molecule has 0 atom stereocenters. The number of rotatable bonds is 1. The van der Waals surface area contributed by atoms with Crippen LogP contribution in [0.15, 0.2) is 0 Å². The van der Waals surface area contributed by atoms with Crippen molar-refractivity contribution in [3.8, 4) is 0 Å². The summed E-state index contributed by atoms with van der Waals surface area (Å²) in [4.78, 5) is 0. The van der Waals surface area contributed by atoms with E-state index in [1.807, 2.05) is 0 Å². The lowest BCUT2D eigenvalue weighted by Gasteiger charge is -2.34. The Bertz CT molecular complexity index is 214. The predicted molar refractivity (Wildman–Crippen MR) is 81.1 cm³/mol. The minimum Gasteiger partial charge on any atom is -0.0688 e. The summed E-state index contributed by atoms with van der Waals surface area (Å²) >= 11 is 0. The van der Waals surface area contributed by atoms with Gasteiger partial charge < -0.3 is 0 Å². The maximum Gasteiger partial charge on any atom is 0.0742 e. The Labute approximate surface area is 116 Å². The molecule has 102 valence electrons. The highest BCUT2D eigenvalue weighted by Gasteiger charge is 2.26. The molecule has 0 aromatic heterocycles. The second kappa shape index (κ2) is 7.01. The summed E-state index contributed by atoms with van der Waals surface area (Å²) in [6.45, 7) is 2.25. The second-order valence-corrected chi connectivity index (χ2v) is 7.30. The molecule has 2 radical (unpaired) electrons. The SMILES string of the molecule is [B]C1(C)CCCC(C2CCCCCCC2)CCC1. The Morgan fingerprint density at radius 3 is 1.56 bits per heavy atom. The molecular weight excluding hydrogens is 215 g/mol. The van der Waals surface area contributed by atoms with Crippen molar-refractivity contribution in [1.29, 1.82) is 0 Å². The molecule has 0 unspecified atom stereocenters. The fourth-order valence-electron chi connectivity index (χ4n) is 4.24. The molecule has 0 bridgehead atoms. The molecule has 2 saturated carbocycles. The Balaban J connectivity index is 1.83. The fraction of sp³-hybridized carbons (Fsp3) is 1.00. The fourth-order valence-corrected chi connectivity index (χ4v) is 4.24. The van der Waals surface area contributed by atoms with E-state index in [1.165, 1.54) is 83.5 Å². The van der Waals surface area contributed by atoms with Crippen molar-refractivity contribution in [2.75, 3.05) is 0 Å². The van der Waals surface area contributed by atoms with Crippen LogP contribution in [0.5, 0.6) is 0 Å². The van der Waals surface area contributed by atoms with E-state index in [0.29, 0.717) is 0 Å². The van der Waals surface area contributed by atoms with Gasteiger partial charge >= 0.3 is 0 Å². The standard InChI is InChI=1S/C17H31B/c1-17(18)13-7-11-16(12-8-14-17)15-9-5-3-2-4-6-10-15/h15-16H,2-14H2,1H3. The molecule has 0 aliphatic heterocycles. The van der Waals surface area contributed by atoms with Crippen LogP contribution >= 0.6 is 0 Å². The van der Waals surface area contributed by atoms with Gasteiger partial charge in [0.05, 0.1) is 7.85 Å². The van der Waals surface area contributed by atoms with Crippen LogP contribution in [0.4, 0.5) is 0 Å². The summed E-state index contributed by atoms with van der Waals surface area (Å²) in [7, 11) is 6.32. The largest absolute Gasteiger partial charge is 0.0742 e. The summed E-state index contributed by atoms with van der Waals surface area (Å²) in [5.74, 6) is 2.08. The Hall–Kier alpha value is 0.0649. The molecule has 0 spiro atoms. The zero-order valence-corrected chi connectivity index (χ0v) is 12.4. The average Bonchev–Trinajstić information content (AvgIpc) is 2.24. The van der Waals surface area contributed by atoms with E-state index < -0.39 is 0 Å². The molecule has 2 rings (SSSR count). The zero-order valence-electron chi connectivity index (χ0n) is 12.4. The van der Waals surface area contributed by atoms with Gasteiger partial charge in [0.1, 0.15) is 0 Å². The van der Waals surface area contributed by atoms with E-state index in [0.717, 1.165) is 11.8 Å².